The molecule has 2 heterocycles. The summed E-state index contributed by atoms with van der Waals surface area (Å²) in [5.41, 5.74) is 2.01. The number of benzene rings is 1. The third-order valence-corrected chi connectivity index (χ3v) is 5.00. The highest BCUT2D eigenvalue weighted by Gasteiger charge is 2.07. The average molecular weight is 485 g/mol. The lowest BCUT2D eigenvalue weighted by molar-refractivity contribution is 0.463. The summed E-state index contributed by atoms with van der Waals surface area (Å²) in [5.74, 6) is 2.28. The summed E-state index contributed by atoms with van der Waals surface area (Å²) in [7, 11) is 1.76. The first-order valence-corrected chi connectivity index (χ1v) is 9.19. The van der Waals surface area contributed by atoms with Crippen LogP contribution in [0, 0.1) is 13.8 Å². The minimum atomic E-state index is 0. The van der Waals surface area contributed by atoms with E-state index in [1.54, 1.807) is 18.4 Å². The summed E-state index contributed by atoms with van der Waals surface area (Å²) < 4.78 is 6.81. The fraction of sp³-hybridized carbons (Fsp3) is 0.389. The maximum atomic E-state index is 5.56. The van der Waals surface area contributed by atoms with Crippen molar-refractivity contribution in [2.45, 2.75) is 33.2 Å². The molecule has 140 valence electrons. The number of oxazole rings is 1. The van der Waals surface area contributed by atoms with Crippen LogP contribution < -0.4 is 10.6 Å². The molecule has 8 heteroatoms. The molecule has 3 aromatic rings. The molecule has 0 aliphatic carbocycles. The zero-order valence-electron chi connectivity index (χ0n) is 15.2. The van der Waals surface area contributed by atoms with Crippen LogP contribution in [0.3, 0.4) is 0 Å². The van der Waals surface area contributed by atoms with E-state index in [4.69, 9.17) is 4.42 Å². The smallest absolute Gasteiger partial charge is 0.214 e. The maximum absolute atomic E-state index is 5.56. The number of aliphatic imine (C=N–C) groups is 1. The Balaban J connectivity index is 0.00000243. The van der Waals surface area contributed by atoms with Crippen molar-refractivity contribution in [3.8, 4) is 0 Å². The molecule has 0 aliphatic heterocycles. The Morgan fingerprint density at radius 2 is 2.00 bits per heavy atom. The molecule has 1 aromatic carbocycles. The molecule has 2 aromatic heterocycles. The van der Waals surface area contributed by atoms with Gasteiger partial charge < -0.3 is 15.1 Å². The highest BCUT2D eigenvalue weighted by molar-refractivity contribution is 14.0. The molecule has 3 rings (SSSR count). The molecular formula is C18H24IN5OS. The van der Waals surface area contributed by atoms with Crippen molar-refractivity contribution < 1.29 is 4.42 Å². The van der Waals surface area contributed by atoms with Gasteiger partial charge in [0.25, 0.3) is 0 Å². The van der Waals surface area contributed by atoms with Crippen molar-refractivity contribution in [2.75, 3.05) is 13.6 Å². The molecule has 0 amide bonds. The molecule has 0 saturated heterocycles. The second-order valence-electron chi connectivity index (χ2n) is 5.78. The number of para-hydroxylation sites is 1. The summed E-state index contributed by atoms with van der Waals surface area (Å²) in [6, 6.07) is 8.26. The van der Waals surface area contributed by atoms with E-state index >= 15 is 0 Å². The van der Waals surface area contributed by atoms with Gasteiger partial charge >= 0.3 is 0 Å². The number of thiazole rings is 1. The molecule has 0 aliphatic rings. The summed E-state index contributed by atoms with van der Waals surface area (Å²) in [4.78, 5) is 13.2. The van der Waals surface area contributed by atoms with E-state index in [-0.39, 0.29) is 24.0 Å². The van der Waals surface area contributed by atoms with Crippen LogP contribution in [0.15, 0.2) is 33.7 Å². The zero-order valence-corrected chi connectivity index (χ0v) is 18.4. The highest BCUT2D eigenvalue weighted by atomic mass is 127. The Hall–Kier alpha value is -1.68. The Morgan fingerprint density at radius 3 is 2.69 bits per heavy atom. The number of hydrogen-bond donors (Lipinski definition) is 2. The molecule has 0 radical (unpaired) electrons. The Bertz CT molecular complexity index is 821. The summed E-state index contributed by atoms with van der Waals surface area (Å²) in [6.07, 6.45) is 1.96. The largest absolute Gasteiger partial charge is 0.444 e. The quantitative estimate of drug-likeness (QED) is 0.240. The third-order valence-electron chi connectivity index (χ3n) is 3.90. The second-order valence-corrected chi connectivity index (χ2v) is 6.90. The van der Waals surface area contributed by atoms with Gasteiger partial charge in [-0.1, -0.05) is 12.1 Å². The van der Waals surface area contributed by atoms with Crippen LogP contribution in [-0.4, -0.2) is 29.5 Å². The van der Waals surface area contributed by atoms with Crippen molar-refractivity contribution in [3.63, 3.8) is 0 Å². The first-order chi connectivity index (χ1) is 12.2. The van der Waals surface area contributed by atoms with Crippen LogP contribution in [-0.2, 0) is 13.0 Å². The Kier molecular flexibility index (Phi) is 7.83. The number of rotatable bonds is 6. The van der Waals surface area contributed by atoms with Crippen LogP contribution >= 0.6 is 35.3 Å². The highest BCUT2D eigenvalue weighted by Crippen LogP contribution is 2.22. The molecule has 0 spiro atoms. The standard InChI is InChI=1S/C18H23N5OS.HI/c1-12-13(2)24-16(22-12)11-21-18(19-3)20-10-6-9-17-23-14-7-4-5-8-15(14)25-17;/h4-5,7-8H,6,9-11H2,1-3H3,(H2,19,20,21);1H. The lowest BCUT2D eigenvalue weighted by Crippen LogP contribution is -2.37. The van der Waals surface area contributed by atoms with Gasteiger partial charge in [0.1, 0.15) is 5.76 Å². The van der Waals surface area contributed by atoms with Crippen LogP contribution in [0.5, 0.6) is 0 Å². The van der Waals surface area contributed by atoms with E-state index in [0.29, 0.717) is 12.4 Å². The third kappa shape index (κ3) is 5.41. The van der Waals surface area contributed by atoms with Gasteiger partial charge in [-0.3, -0.25) is 4.99 Å². The zero-order chi connectivity index (χ0) is 17.6. The molecule has 0 atom stereocenters. The number of aromatic nitrogens is 2. The first-order valence-electron chi connectivity index (χ1n) is 8.37. The van der Waals surface area contributed by atoms with Crippen LogP contribution in [0.2, 0.25) is 0 Å². The van der Waals surface area contributed by atoms with Crippen LogP contribution in [0.4, 0.5) is 0 Å². The lowest BCUT2D eigenvalue weighted by atomic mass is 10.3. The van der Waals surface area contributed by atoms with Gasteiger partial charge in [-0.15, -0.1) is 35.3 Å². The Morgan fingerprint density at radius 1 is 1.19 bits per heavy atom. The average Bonchev–Trinajstić information content (AvgIpc) is 3.17. The summed E-state index contributed by atoms with van der Waals surface area (Å²) in [5, 5.41) is 7.70. The number of nitrogens with one attached hydrogen (secondary N) is 2. The van der Waals surface area contributed by atoms with E-state index in [2.05, 4.69) is 43.8 Å². The van der Waals surface area contributed by atoms with E-state index in [0.717, 1.165) is 42.3 Å². The van der Waals surface area contributed by atoms with Crippen molar-refractivity contribution in [1.29, 1.82) is 0 Å². The molecule has 6 nitrogen and oxygen atoms in total. The minimum Gasteiger partial charge on any atom is -0.444 e. The van der Waals surface area contributed by atoms with Gasteiger partial charge in [-0.25, -0.2) is 9.97 Å². The molecular weight excluding hydrogens is 461 g/mol. The molecule has 2 N–H and O–H groups in total. The van der Waals surface area contributed by atoms with Crippen LogP contribution in [0.25, 0.3) is 10.2 Å². The number of nitrogens with zero attached hydrogens (tertiary/aromatic N) is 3. The van der Waals surface area contributed by atoms with Gasteiger partial charge in [0, 0.05) is 20.0 Å². The normalized spacial score (nSPS) is 11.4. The number of aryl methyl sites for hydroxylation is 3. The van der Waals surface area contributed by atoms with Gasteiger partial charge in [-0.2, -0.15) is 0 Å². The van der Waals surface area contributed by atoms with Gasteiger partial charge in [0.05, 0.1) is 27.5 Å². The fourth-order valence-corrected chi connectivity index (χ4v) is 3.48. The predicted molar refractivity (Wildman–Crippen MR) is 118 cm³/mol. The van der Waals surface area contributed by atoms with Gasteiger partial charge in [0.2, 0.25) is 5.89 Å². The van der Waals surface area contributed by atoms with Crippen LogP contribution in [0.1, 0.15) is 28.8 Å². The molecule has 0 unspecified atom stereocenters. The molecule has 26 heavy (non-hydrogen) atoms. The minimum absolute atomic E-state index is 0. The van der Waals surface area contributed by atoms with E-state index in [1.807, 2.05) is 19.9 Å². The van der Waals surface area contributed by atoms with Gasteiger partial charge in [0.15, 0.2) is 5.96 Å². The molecule has 0 fully saturated rings. The van der Waals surface area contributed by atoms with Gasteiger partial charge in [-0.05, 0) is 32.4 Å². The summed E-state index contributed by atoms with van der Waals surface area (Å²) in [6.45, 7) is 5.21. The number of halogens is 1. The number of hydrogen-bond acceptors (Lipinski definition) is 5. The number of guanidine groups is 1. The SMILES string of the molecule is CN=C(NCCCc1nc2ccccc2s1)NCc1nc(C)c(C)o1.I. The lowest BCUT2D eigenvalue weighted by Gasteiger charge is -2.10. The van der Waals surface area contributed by atoms with Crippen molar-refractivity contribution >= 4 is 51.5 Å². The summed E-state index contributed by atoms with van der Waals surface area (Å²) >= 11 is 1.77. The van der Waals surface area contributed by atoms with Crippen molar-refractivity contribution in [1.82, 2.24) is 20.6 Å². The van der Waals surface area contributed by atoms with Crippen molar-refractivity contribution in [3.05, 3.63) is 46.6 Å². The number of fused-ring (bicyclic) bond motifs is 1. The van der Waals surface area contributed by atoms with E-state index in [1.165, 1.54) is 9.71 Å². The topological polar surface area (TPSA) is 75.3 Å². The van der Waals surface area contributed by atoms with E-state index < -0.39 is 0 Å². The predicted octanol–water partition coefficient (Wildman–Crippen LogP) is 3.82. The second kappa shape index (κ2) is 9.86. The fourth-order valence-electron chi connectivity index (χ4n) is 2.47. The van der Waals surface area contributed by atoms with Crippen molar-refractivity contribution in [2.24, 2.45) is 4.99 Å². The molecule has 0 bridgehead atoms. The Labute approximate surface area is 174 Å². The maximum Gasteiger partial charge on any atom is 0.214 e. The first kappa shape index (κ1) is 20.6. The van der Waals surface area contributed by atoms with E-state index in [9.17, 15) is 0 Å². The monoisotopic (exact) mass is 485 g/mol. The molecule has 0 saturated carbocycles.